The lowest BCUT2D eigenvalue weighted by atomic mass is 10.1. The Bertz CT molecular complexity index is 444. The molecule has 1 heterocycles. The fourth-order valence-corrected chi connectivity index (χ4v) is 2.81. The standard InChI is InChI=1S/C14H26N4OS/c1-9(2)7-18(8-10(3)4)13(19)11-12(15)16-14(20-11)17(5)6/h9-10H,7-8,15H2,1-6H3. The van der Waals surface area contributed by atoms with Gasteiger partial charge in [0, 0.05) is 27.2 Å². The Morgan fingerprint density at radius 3 is 2.05 bits per heavy atom. The minimum Gasteiger partial charge on any atom is -0.382 e. The van der Waals surface area contributed by atoms with Crippen molar-refractivity contribution in [3.8, 4) is 0 Å². The van der Waals surface area contributed by atoms with E-state index in [2.05, 4.69) is 32.7 Å². The van der Waals surface area contributed by atoms with Crippen LogP contribution in [0.5, 0.6) is 0 Å². The zero-order valence-electron chi connectivity index (χ0n) is 13.3. The zero-order chi connectivity index (χ0) is 15.4. The molecule has 5 nitrogen and oxygen atoms in total. The topological polar surface area (TPSA) is 62.5 Å². The van der Waals surface area contributed by atoms with Crippen LogP contribution in [0.4, 0.5) is 10.9 Å². The number of nitrogen functional groups attached to an aromatic ring is 1. The molecule has 1 aromatic heterocycles. The molecule has 0 saturated carbocycles. The Hall–Kier alpha value is -1.30. The van der Waals surface area contributed by atoms with E-state index in [-0.39, 0.29) is 5.91 Å². The monoisotopic (exact) mass is 298 g/mol. The molecule has 2 N–H and O–H groups in total. The molecule has 0 aliphatic carbocycles. The number of nitrogens with zero attached hydrogens (tertiary/aromatic N) is 3. The summed E-state index contributed by atoms with van der Waals surface area (Å²) < 4.78 is 0. The highest BCUT2D eigenvalue weighted by atomic mass is 32.1. The van der Waals surface area contributed by atoms with Gasteiger partial charge < -0.3 is 15.5 Å². The molecule has 0 unspecified atom stereocenters. The van der Waals surface area contributed by atoms with Gasteiger partial charge in [-0.25, -0.2) is 4.98 Å². The molecule has 0 aliphatic rings. The third-order valence-corrected chi connectivity index (χ3v) is 3.90. The Labute approximate surface area is 125 Å². The summed E-state index contributed by atoms with van der Waals surface area (Å²) in [5, 5.41) is 0.764. The predicted molar refractivity (Wildman–Crippen MR) is 86.4 cm³/mol. The van der Waals surface area contributed by atoms with Crippen molar-refractivity contribution in [1.29, 1.82) is 0 Å². The first-order valence-corrected chi connectivity index (χ1v) is 7.76. The van der Waals surface area contributed by atoms with E-state index in [0.29, 0.717) is 22.5 Å². The van der Waals surface area contributed by atoms with E-state index in [1.165, 1.54) is 11.3 Å². The summed E-state index contributed by atoms with van der Waals surface area (Å²) >= 11 is 1.36. The molecule has 0 saturated heterocycles. The van der Waals surface area contributed by atoms with Gasteiger partial charge in [0.15, 0.2) is 5.13 Å². The first-order valence-electron chi connectivity index (χ1n) is 6.95. The van der Waals surface area contributed by atoms with Crippen LogP contribution in [0.15, 0.2) is 0 Å². The Morgan fingerprint density at radius 1 is 1.20 bits per heavy atom. The first-order chi connectivity index (χ1) is 9.22. The normalized spacial score (nSPS) is 11.2. The second kappa shape index (κ2) is 6.92. The van der Waals surface area contributed by atoms with Crippen LogP contribution in [0.1, 0.15) is 37.4 Å². The molecule has 0 atom stereocenters. The van der Waals surface area contributed by atoms with Crippen LogP contribution in [0.3, 0.4) is 0 Å². The molecule has 20 heavy (non-hydrogen) atoms. The number of anilines is 2. The average Bonchev–Trinajstić information content (AvgIpc) is 2.68. The molecule has 0 bridgehead atoms. The molecular formula is C14H26N4OS. The summed E-state index contributed by atoms with van der Waals surface area (Å²) in [7, 11) is 3.79. The molecule has 0 radical (unpaired) electrons. The number of rotatable bonds is 6. The maximum atomic E-state index is 12.7. The molecule has 1 aromatic rings. The Kier molecular flexibility index (Phi) is 5.80. The highest BCUT2D eigenvalue weighted by Gasteiger charge is 2.23. The maximum absolute atomic E-state index is 12.7. The van der Waals surface area contributed by atoms with Crippen molar-refractivity contribution in [2.45, 2.75) is 27.7 Å². The number of amides is 1. The highest BCUT2D eigenvalue weighted by molar-refractivity contribution is 7.18. The van der Waals surface area contributed by atoms with E-state index in [0.717, 1.165) is 18.2 Å². The van der Waals surface area contributed by atoms with Crippen molar-refractivity contribution in [2.24, 2.45) is 11.8 Å². The van der Waals surface area contributed by atoms with Crippen LogP contribution in [0.2, 0.25) is 0 Å². The minimum absolute atomic E-state index is 0.00417. The van der Waals surface area contributed by atoms with Gasteiger partial charge in [0.05, 0.1) is 0 Å². The van der Waals surface area contributed by atoms with E-state index in [4.69, 9.17) is 5.73 Å². The van der Waals surface area contributed by atoms with E-state index >= 15 is 0 Å². The molecule has 6 heteroatoms. The molecule has 0 aliphatic heterocycles. The fourth-order valence-electron chi connectivity index (χ4n) is 1.93. The zero-order valence-corrected chi connectivity index (χ0v) is 14.1. The largest absolute Gasteiger partial charge is 0.382 e. The number of hydrogen-bond donors (Lipinski definition) is 1. The molecule has 0 fully saturated rings. The SMILES string of the molecule is CC(C)CN(CC(C)C)C(=O)c1sc(N(C)C)nc1N. The second-order valence-corrected chi connectivity index (χ2v) is 7.08. The van der Waals surface area contributed by atoms with Crippen molar-refractivity contribution in [2.75, 3.05) is 37.8 Å². The van der Waals surface area contributed by atoms with Gasteiger partial charge >= 0.3 is 0 Å². The van der Waals surface area contributed by atoms with Crippen molar-refractivity contribution >= 4 is 28.2 Å². The summed E-state index contributed by atoms with van der Waals surface area (Å²) in [6.07, 6.45) is 0. The van der Waals surface area contributed by atoms with Crippen LogP contribution >= 0.6 is 11.3 Å². The number of thiazole rings is 1. The van der Waals surface area contributed by atoms with Crippen LogP contribution < -0.4 is 10.6 Å². The third kappa shape index (κ3) is 4.37. The van der Waals surface area contributed by atoms with E-state index in [1.807, 2.05) is 23.9 Å². The van der Waals surface area contributed by atoms with Crippen LogP contribution in [-0.4, -0.2) is 43.0 Å². The lowest BCUT2D eigenvalue weighted by molar-refractivity contribution is 0.0721. The summed E-state index contributed by atoms with van der Waals surface area (Å²) in [6.45, 7) is 9.94. The van der Waals surface area contributed by atoms with Gasteiger partial charge in [-0.2, -0.15) is 0 Å². The number of aromatic nitrogens is 1. The van der Waals surface area contributed by atoms with Gasteiger partial charge in [0.25, 0.3) is 5.91 Å². The minimum atomic E-state index is -0.00417. The van der Waals surface area contributed by atoms with Crippen molar-refractivity contribution in [3.63, 3.8) is 0 Å². The molecule has 1 amide bonds. The number of carbonyl (C=O) groups excluding carboxylic acids is 1. The molecule has 0 aromatic carbocycles. The van der Waals surface area contributed by atoms with Gasteiger partial charge in [-0.3, -0.25) is 4.79 Å². The van der Waals surface area contributed by atoms with Crippen molar-refractivity contribution in [1.82, 2.24) is 9.88 Å². The van der Waals surface area contributed by atoms with Crippen molar-refractivity contribution in [3.05, 3.63) is 4.88 Å². The number of carbonyl (C=O) groups is 1. The quantitative estimate of drug-likeness (QED) is 0.876. The van der Waals surface area contributed by atoms with E-state index in [9.17, 15) is 4.79 Å². The maximum Gasteiger partial charge on any atom is 0.267 e. The summed E-state index contributed by atoms with van der Waals surface area (Å²) in [5.74, 6) is 1.19. The van der Waals surface area contributed by atoms with Crippen LogP contribution in [0.25, 0.3) is 0 Å². The van der Waals surface area contributed by atoms with Gasteiger partial charge in [0.1, 0.15) is 10.7 Å². The summed E-state index contributed by atoms with van der Waals surface area (Å²) in [4.78, 5) is 21.2. The average molecular weight is 298 g/mol. The number of hydrogen-bond acceptors (Lipinski definition) is 5. The van der Waals surface area contributed by atoms with Gasteiger partial charge in [-0.1, -0.05) is 39.0 Å². The van der Waals surface area contributed by atoms with Gasteiger partial charge in [-0.15, -0.1) is 0 Å². The third-order valence-electron chi connectivity index (χ3n) is 2.68. The first kappa shape index (κ1) is 16.8. The van der Waals surface area contributed by atoms with Gasteiger partial charge in [0.2, 0.25) is 0 Å². The molecular weight excluding hydrogens is 272 g/mol. The summed E-state index contributed by atoms with van der Waals surface area (Å²) in [6, 6.07) is 0. The predicted octanol–water partition coefficient (Wildman–Crippen LogP) is 2.55. The second-order valence-electron chi connectivity index (χ2n) is 6.10. The molecule has 1 rings (SSSR count). The van der Waals surface area contributed by atoms with E-state index < -0.39 is 0 Å². The summed E-state index contributed by atoms with van der Waals surface area (Å²) in [5.41, 5.74) is 5.90. The van der Waals surface area contributed by atoms with Crippen LogP contribution in [0, 0.1) is 11.8 Å². The van der Waals surface area contributed by atoms with Crippen molar-refractivity contribution < 1.29 is 4.79 Å². The Balaban J connectivity index is 2.99. The van der Waals surface area contributed by atoms with Crippen LogP contribution in [-0.2, 0) is 0 Å². The molecule has 114 valence electrons. The van der Waals surface area contributed by atoms with E-state index in [1.54, 1.807) is 0 Å². The van der Waals surface area contributed by atoms with Gasteiger partial charge in [-0.05, 0) is 11.8 Å². The number of nitrogens with two attached hydrogens (primary N) is 1. The lowest BCUT2D eigenvalue weighted by Crippen LogP contribution is -2.36. The fraction of sp³-hybridized carbons (Fsp3) is 0.714. The highest BCUT2D eigenvalue weighted by Crippen LogP contribution is 2.28. The Morgan fingerprint density at radius 2 is 1.70 bits per heavy atom. The lowest BCUT2D eigenvalue weighted by Gasteiger charge is -2.26. The molecule has 0 spiro atoms. The smallest absolute Gasteiger partial charge is 0.267 e.